The quantitative estimate of drug-likeness (QED) is 0.0404. The molecule has 4 aliphatic heterocycles. The van der Waals surface area contributed by atoms with Gasteiger partial charge in [-0.25, -0.2) is 0 Å². The summed E-state index contributed by atoms with van der Waals surface area (Å²) >= 11 is 0. The Morgan fingerprint density at radius 1 is 0.321 bits per heavy atom. The van der Waals surface area contributed by atoms with Crippen LogP contribution in [0.5, 0.6) is 0 Å². The molecule has 0 aliphatic carbocycles. The second kappa shape index (κ2) is 27.8. The molecule has 13 aromatic carbocycles. The molecular weight excluding hydrogens is 1390 g/mol. The monoisotopic (exact) mass is 1470 g/mol. The Morgan fingerprint density at radius 2 is 0.589 bits per heavy atom. The van der Waals surface area contributed by atoms with Crippen LogP contribution >= 0.6 is 0 Å². The van der Waals surface area contributed by atoms with E-state index >= 15 is 0 Å². The fourth-order valence-corrected chi connectivity index (χ4v) is 19.1. The molecule has 0 spiro atoms. The van der Waals surface area contributed by atoms with Crippen LogP contribution in [0.3, 0.4) is 0 Å². The van der Waals surface area contributed by atoms with Crippen molar-refractivity contribution in [3.05, 3.63) is 411 Å². The molecular formula is C96H80N8O8+2. The summed E-state index contributed by atoms with van der Waals surface area (Å²) < 4.78 is 4.44. The summed E-state index contributed by atoms with van der Waals surface area (Å²) in [5, 5.41) is 57.3. The number of allylic oxidation sites excluding steroid dienone is 8. The van der Waals surface area contributed by atoms with Crippen LogP contribution in [0, 0.1) is 40.5 Å². The van der Waals surface area contributed by atoms with Crippen LogP contribution in [-0.2, 0) is 60.4 Å². The van der Waals surface area contributed by atoms with Crippen molar-refractivity contribution in [3.63, 3.8) is 0 Å². The first kappa shape index (κ1) is 71.3. The summed E-state index contributed by atoms with van der Waals surface area (Å²) in [7, 11) is 4.14. The first-order valence-corrected chi connectivity index (χ1v) is 37.8. The van der Waals surface area contributed by atoms with E-state index in [1.807, 2.05) is 109 Å². The van der Waals surface area contributed by atoms with Gasteiger partial charge in [-0.1, -0.05) is 170 Å². The van der Waals surface area contributed by atoms with Crippen LogP contribution in [0.4, 0.5) is 45.5 Å². The van der Waals surface area contributed by atoms with E-state index in [2.05, 4.69) is 206 Å². The van der Waals surface area contributed by atoms with E-state index in [4.69, 9.17) is 0 Å². The minimum atomic E-state index is -0.765. The van der Waals surface area contributed by atoms with Crippen LogP contribution in [0.1, 0.15) is 83.3 Å². The lowest BCUT2D eigenvalue weighted by atomic mass is 9.72. The minimum absolute atomic E-state index is 0.00122. The average molecular weight is 1470 g/mol. The summed E-state index contributed by atoms with van der Waals surface area (Å²) in [6, 6.07) is 87.5. The molecule has 112 heavy (non-hydrogen) atoms. The van der Waals surface area contributed by atoms with Gasteiger partial charge in [0.25, 0.3) is 22.7 Å². The normalized spacial score (nSPS) is 19.8. The lowest BCUT2D eigenvalue weighted by Crippen LogP contribution is -2.33. The number of non-ortho nitro benzene ring substituents is 4. The van der Waals surface area contributed by atoms with Gasteiger partial charge in [0.2, 0.25) is 11.4 Å². The van der Waals surface area contributed by atoms with E-state index in [9.17, 15) is 40.5 Å². The molecule has 0 aromatic heterocycles. The van der Waals surface area contributed by atoms with Crippen molar-refractivity contribution in [1.29, 1.82) is 0 Å². The lowest BCUT2D eigenvalue weighted by molar-refractivity contribution is -0.401. The van der Waals surface area contributed by atoms with Crippen molar-refractivity contribution >= 4 is 100 Å². The van der Waals surface area contributed by atoms with E-state index in [0.29, 0.717) is 38.8 Å². The molecule has 4 aliphatic rings. The van der Waals surface area contributed by atoms with Gasteiger partial charge in [-0.2, -0.15) is 9.15 Å². The molecule has 0 amide bonds. The molecule has 0 fully saturated rings. The summed E-state index contributed by atoms with van der Waals surface area (Å²) in [6.07, 6.45) is 15.4. The zero-order valence-electron chi connectivity index (χ0n) is 63.0. The Hall–Kier alpha value is -13.6. The maximum atomic E-state index is 12.8. The molecule has 0 radical (unpaired) electrons. The third-order valence-electron chi connectivity index (χ3n) is 24.2. The molecule has 16 heteroatoms. The van der Waals surface area contributed by atoms with Gasteiger partial charge in [0.1, 0.15) is 14.1 Å². The van der Waals surface area contributed by atoms with Crippen LogP contribution in [0.2, 0.25) is 0 Å². The first-order chi connectivity index (χ1) is 54.1. The van der Waals surface area contributed by atoms with E-state index in [0.717, 1.165) is 144 Å². The SMILES string of the molecule is C[N+]1=C(/C=C/C=C2/N(Cc3ccc(CN4/C(=C/C=C/C5=[N+](C)c6ccc7ccc([N+](=O)[O-])cc7c6C5(C)Cc5ccccc5)C(C)(Cc5ccccc5)c5c4ccc4ccc([N+](=O)[O-])cc54)cc3)c3ccc4ccc([N+](=O)[O-])cc4c3C2(C)Cc2ccccc2)C(C)(Cc2ccccc2)c2c1ccc1ccc([N+](=O)[O-])cc21. The molecule has 550 valence electrons. The van der Waals surface area contributed by atoms with Crippen LogP contribution in [-0.4, -0.2) is 54.4 Å². The predicted octanol–water partition coefficient (Wildman–Crippen LogP) is 21.7. The summed E-state index contributed by atoms with van der Waals surface area (Å²) in [5.41, 5.74) is 15.4. The number of benzene rings is 13. The van der Waals surface area contributed by atoms with Crippen LogP contribution in [0.15, 0.2) is 315 Å². The zero-order chi connectivity index (χ0) is 77.5. The maximum Gasteiger partial charge on any atom is 0.270 e. The van der Waals surface area contributed by atoms with Crippen molar-refractivity contribution < 1.29 is 28.8 Å². The smallest absolute Gasteiger partial charge is 0.270 e. The Bertz CT molecular complexity index is 5930. The third kappa shape index (κ3) is 12.2. The second-order valence-corrected chi connectivity index (χ2v) is 31.2. The largest absolute Gasteiger partial charge is 0.339 e. The average Bonchev–Trinajstić information content (AvgIpc) is 1.59. The molecule has 17 rings (SSSR count). The number of nitro groups is 4. The van der Waals surface area contributed by atoms with Crippen molar-refractivity contribution in [2.45, 2.75) is 88.1 Å². The zero-order valence-corrected chi connectivity index (χ0v) is 63.0. The molecule has 0 saturated carbocycles. The molecule has 0 N–H and O–H groups in total. The van der Waals surface area contributed by atoms with Gasteiger partial charge in [-0.05, 0) is 202 Å². The number of nitro benzene ring substituents is 4. The predicted molar refractivity (Wildman–Crippen MR) is 447 cm³/mol. The summed E-state index contributed by atoms with van der Waals surface area (Å²) in [6.45, 7) is 9.84. The van der Waals surface area contributed by atoms with Crippen molar-refractivity contribution in [1.82, 2.24) is 0 Å². The van der Waals surface area contributed by atoms with Crippen LogP contribution < -0.4 is 9.80 Å². The van der Waals surface area contributed by atoms with Gasteiger partial charge >= 0.3 is 0 Å². The number of fused-ring (bicyclic) bond motifs is 12. The fraction of sp³-hybridized carbons (Fsp3) is 0.167. The number of rotatable bonds is 20. The van der Waals surface area contributed by atoms with Gasteiger partial charge in [0.05, 0.1) is 30.5 Å². The van der Waals surface area contributed by atoms with Gasteiger partial charge in [-0.3, -0.25) is 40.5 Å². The molecule has 0 bridgehead atoms. The Morgan fingerprint density at radius 3 is 0.884 bits per heavy atom. The van der Waals surface area contributed by atoms with Crippen molar-refractivity contribution in [3.8, 4) is 0 Å². The molecule has 0 saturated heterocycles. The second-order valence-electron chi connectivity index (χ2n) is 31.2. The topological polar surface area (TPSA) is 185 Å². The highest BCUT2D eigenvalue weighted by atomic mass is 16.6. The van der Waals surface area contributed by atoms with Crippen molar-refractivity contribution in [2.24, 2.45) is 0 Å². The standard InChI is InChI=1S/C96H80N8O8/c1-93(57-63-21-11-7-12-22-63)85(97(5)81-49-41-69-37-45-73(101(105)106)53-77(69)89(81)93)29-19-31-87-95(3,59-65-25-15-9-16-26-65)91-79-55-75(103(109)110)47-39-71(79)43-51-83(91)99(87)61-67-33-35-68(36-34-67)62-100-84-52-44-72-40-48-76(104(111)112)56-80(72)92(84)96(4,60-66-27-17-10-18-28-66)88(100)32-20-30-86-94(2,58-64-23-13-8-14-24-64)90-78-54-74(102(107)108)46-38-70(78)42-50-82(90)98(86)6/h7-56H,57-62H2,1-6H3/q+2. The first-order valence-electron chi connectivity index (χ1n) is 37.8. The third-order valence-corrected chi connectivity index (χ3v) is 24.2. The Kier molecular flexibility index (Phi) is 17.7. The number of hydrogen-bond acceptors (Lipinski definition) is 10. The summed E-state index contributed by atoms with van der Waals surface area (Å²) in [4.78, 5) is 53.9. The lowest BCUT2D eigenvalue weighted by Gasteiger charge is -2.31. The Balaban J connectivity index is 0.791. The molecule has 16 nitrogen and oxygen atoms in total. The fourth-order valence-electron chi connectivity index (χ4n) is 19.1. The minimum Gasteiger partial charge on any atom is -0.339 e. The highest BCUT2D eigenvalue weighted by molar-refractivity contribution is 6.10. The number of hydrogen-bond donors (Lipinski definition) is 0. The van der Waals surface area contributed by atoms with Gasteiger partial charge in [-0.15, -0.1) is 0 Å². The Labute approximate surface area is 648 Å². The van der Waals surface area contributed by atoms with E-state index in [1.165, 1.54) is 0 Å². The van der Waals surface area contributed by atoms with E-state index in [-0.39, 0.29) is 42.4 Å². The maximum absolute atomic E-state index is 12.8. The number of nitrogens with zero attached hydrogens (tertiary/aromatic N) is 8. The molecule has 4 heterocycles. The molecule has 13 aromatic rings. The highest BCUT2D eigenvalue weighted by Crippen LogP contribution is 2.57. The van der Waals surface area contributed by atoms with Gasteiger partial charge < -0.3 is 9.80 Å². The number of anilines is 2. The van der Waals surface area contributed by atoms with E-state index < -0.39 is 21.7 Å². The van der Waals surface area contributed by atoms with E-state index in [1.54, 1.807) is 48.5 Å². The van der Waals surface area contributed by atoms with Crippen molar-refractivity contribution in [2.75, 3.05) is 23.9 Å². The molecule has 4 unspecified atom stereocenters. The van der Waals surface area contributed by atoms with Crippen LogP contribution in [0.25, 0.3) is 43.1 Å². The van der Waals surface area contributed by atoms with Gasteiger partial charge in [0, 0.05) is 131 Å². The summed E-state index contributed by atoms with van der Waals surface area (Å²) in [5.74, 6) is 0. The highest BCUT2D eigenvalue weighted by Gasteiger charge is 2.52. The van der Waals surface area contributed by atoms with Gasteiger partial charge in [0.15, 0.2) is 11.4 Å². The molecule has 4 atom stereocenters.